The lowest BCUT2D eigenvalue weighted by molar-refractivity contribution is 0.0584. The summed E-state index contributed by atoms with van der Waals surface area (Å²) in [5.41, 5.74) is 1.37. The van der Waals surface area contributed by atoms with Crippen LogP contribution in [0.2, 0.25) is 5.02 Å². The number of benzene rings is 1. The van der Waals surface area contributed by atoms with Gasteiger partial charge in [-0.1, -0.05) is 11.6 Å². The molecule has 2 aromatic rings. The molecule has 0 radical (unpaired) electrons. The number of nitrogens with zero attached hydrogens (tertiary/aromatic N) is 3. The van der Waals surface area contributed by atoms with E-state index in [2.05, 4.69) is 9.97 Å². The van der Waals surface area contributed by atoms with E-state index < -0.39 is 0 Å². The van der Waals surface area contributed by atoms with Crippen LogP contribution >= 0.6 is 11.6 Å². The second kappa shape index (κ2) is 7.91. The van der Waals surface area contributed by atoms with Gasteiger partial charge in [0.15, 0.2) is 0 Å². The van der Waals surface area contributed by atoms with Gasteiger partial charge in [0, 0.05) is 42.7 Å². The molecule has 2 heterocycles. The number of ether oxygens (including phenoxy) is 2. The standard InChI is InChI=1S/C19H22ClN3O3/c1-12-10-18(22-13(2)21-12)26-15-6-8-23(9-7-15)19(24)16-11-14(20)4-5-17(16)25-3/h4-5,10-11,15H,6-9H2,1-3H3. The Hall–Kier alpha value is -2.34. The maximum absolute atomic E-state index is 12.8. The van der Waals surface area contributed by atoms with E-state index in [1.54, 1.807) is 25.3 Å². The lowest BCUT2D eigenvalue weighted by Crippen LogP contribution is -2.42. The highest BCUT2D eigenvalue weighted by Gasteiger charge is 2.27. The van der Waals surface area contributed by atoms with Crippen molar-refractivity contribution in [3.8, 4) is 11.6 Å². The fourth-order valence-corrected chi connectivity index (χ4v) is 3.28. The van der Waals surface area contributed by atoms with E-state index in [4.69, 9.17) is 21.1 Å². The minimum atomic E-state index is -0.0727. The van der Waals surface area contributed by atoms with E-state index in [0.29, 0.717) is 41.1 Å². The number of aryl methyl sites for hydroxylation is 2. The molecule has 1 saturated heterocycles. The molecular formula is C19H22ClN3O3. The molecule has 3 rings (SSSR count). The summed E-state index contributed by atoms with van der Waals surface area (Å²) >= 11 is 6.04. The number of hydrogen-bond acceptors (Lipinski definition) is 5. The molecule has 1 aliphatic rings. The van der Waals surface area contributed by atoms with Crippen molar-refractivity contribution < 1.29 is 14.3 Å². The molecule has 1 fully saturated rings. The second-order valence-corrected chi connectivity index (χ2v) is 6.79. The van der Waals surface area contributed by atoms with Crippen molar-refractivity contribution in [1.29, 1.82) is 0 Å². The van der Waals surface area contributed by atoms with Gasteiger partial charge in [0.25, 0.3) is 5.91 Å². The zero-order chi connectivity index (χ0) is 18.7. The van der Waals surface area contributed by atoms with E-state index >= 15 is 0 Å². The molecule has 0 saturated carbocycles. The van der Waals surface area contributed by atoms with Crippen LogP contribution in [0.4, 0.5) is 0 Å². The van der Waals surface area contributed by atoms with Gasteiger partial charge in [0.2, 0.25) is 5.88 Å². The number of hydrogen-bond donors (Lipinski definition) is 0. The van der Waals surface area contributed by atoms with Gasteiger partial charge in [-0.05, 0) is 32.0 Å². The first-order valence-electron chi connectivity index (χ1n) is 8.58. The monoisotopic (exact) mass is 375 g/mol. The highest BCUT2D eigenvalue weighted by atomic mass is 35.5. The number of amides is 1. The molecule has 1 aromatic heterocycles. The number of carbonyl (C=O) groups is 1. The van der Waals surface area contributed by atoms with Crippen molar-refractivity contribution in [3.05, 3.63) is 46.4 Å². The summed E-state index contributed by atoms with van der Waals surface area (Å²) in [5, 5.41) is 0.516. The Kier molecular flexibility index (Phi) is 5.61. The van der Waals surface area contributed by atoms with Crippen molar-refractivity contribution in [3.63, 3.8) is 0 Å². The highest BCUT2D eigenvalue weighted by Crippen LogP contribution is 2.26. The zero-order valence-electron chi connectivity index (χ0n) is 15.2. The molecule has 1 aliphatic heterocycles. The number of halogens is 1. The maximum Gasteiger partial charge on any atom is 0.257 e. The summed E-state index contributed by atoms with van der Waals surface area (Å²) in [4.78, 5) is 23.2. The Balaban J connectivity index is 1.63. The van der Waals surface area contributed by atoms with Crippen molar-refractivity contribution in [2.75, 3.05) is 20.2 Å². The van der Waals surface area contributed by atoms with E-state index in [1.807, 2.05) is 24.8 Å². The van der Waals surface area contributed by atoms with Crippen LogP contribution < -0.4 is 9.47 Å². The van der Waals surface area contributed by atoms with Gasteiger partial charge in [-0.15, -0.1) is 0 Å². The number of rotatable bonds is 4. The van der Waals surface area contributed by atoms with Crippen molar-refractivity contribution >= 4 is 17.5 Å². The molecule has 0 bridgehead atoms. The summed E-state index contributed by atoms with van der Waals surface area (Å²) in [6.07, 6.45) is 1.53. The van der Waals surface area contributed by atoms with Crippen LogP contribution in [-0.2, 0) is 0 Å². The predicted octanol–water partition coefficient (Wildman–Crippen LogP) is 3.44. The normalized spacial score (nSPS) is 15.0. The van der Waals surface area contributed by atoms with Crippen molar-refractivity contribution in [1.82, 2.24) is 14.9 Å². The average molecular weight is 376 g/mol. The molecule has 26 heavy (non-hydrogen) atoms. The van der Waals surface area contributed by atoms with Crippen molar-refractivity contribution in [2.24, 2.45) is 0 Å². The third kappa shape index (κ3) is 4.25. The van der Waals surface area contributed by atoms with E-state index in [-0.39, 0.29) is 12.0 Å². The molecule has 1 amide bonds. The first-order valence-corrected chi connectivity index (χ1v) is 8.96. The lowest BCUT2D eigenvalue weighted by Gasteiger charge is -2.32. The summed E-state index contributed by atoms with van der Waals surface area (Å²) in [5.74, 6) is 1.75. The van der Waals surface area contributed by atoms with Crippen LogP contribution in [-0.4, -0.2) is 47.1 Å². The predicted molar refractivity (Wildman–Crippen MR) is 99.1 cm³/mol. The van der Waals surface area contributed by atoms with E-state index in [1.165, 1.54) is 0 Å². The fraction of sp³-hybridized carbons (Fsp3) is 0.421. The molecule has 0 atom stereocenters. The van der Waals surface area contributed by atoms with Gasteiger partial charge in [-0.25, -0.2) is 4.98 Å². The summed E-state index contributed by atoms with van der Waals surface area (Å²) in [6, 6.07) is 6.91. The SMILES string of the molecule is COc1ccc(Cl)cc1C(=O)N1CCC(Oc2cc(C)nc(C)n2)CC1. The first kappa shape index (κ1) is 18.5. The van der Waals surface area contributed by atoms with Crippen LogP contribution in [0.3, 0.4) is 0 Å². The van der Waals surface area contributed by atoms with E-state index in [9.17, 15) is 4.79 Å². The van der Waals surface area contributed by atoms with Crippen LogP contribution in [0.5, 0.6) is 11.6 Å². The Morgan fingerprint density at radius 1 is 1.19 bits per heavy atom. The van der Waals surface area contributed by atoms with Crippen LogP contribution in [0, 0.1) is 13.8 Å². The van der Waals surface area contributed by atoms with Gasteiger partial charge >= 0.3 is 0 Å². The third-order valence-corrected chi connectivity index (χ3v) is 4.59. The molecule has 6 nitrogen and oxygen atoms in total. The minimum absolute atomic E-state index is 0.0361. The van der Waals surface area contributed by atoms with Gasteiger partial charge in [0.05, 0.1) is 12.7 Å². The number of carbonyl (C=O) groups excluding carboxylic acids is 1. The first-order chi connectivity index (χ1) is 12.5. The summed E-state index contributed by atoms with van der Waals surface area (Å²) in [6.45, 7) is 4.99. The highest BCUT2D eigenvalue weighted by molar-refractivity contribution is 6.31. The molecule has 1 aromatic carbocycles. The average Bonchev–Trinajstić information content (AvgIpc) is 2.61. The summed E-state index contributed by atoms with van der Waals surface area (Å²) in [7, 11) is 1.55. The molecular weight excluding hydrogens is 354 g/mol. The molecule has 0 aliphatic carbocycles. The topological polar surface area (TPSA) is 64.5 Å². The van der Waals surface area contributed by atoms with Crippen molar-refractivity contribution in [2.45, 2.75) is 32.8 Å². The van der Waals surface area contributed by atoms with Crippen LogP contribution in [0.15, 0.2) is 24.3 Å². The molecule has 7 heteroatoms. The van der Waals surface area contributed by atoms with Gasteiger partial charge < -0.3 is 14.4 Å². The molecule has 138 valence electrons. The van der Waals surface area contributed by atoms with Crippen LogP contribution in [0.1, 0.15) is 34.7 Å². The lowest BCUT2D eigenvalue weighted by atomic mass is 10.1. The van der Waals surface area contributed by atoms with Gasteiger partial charge in [0.1, 0.15) is 17.7 Å². The number of likely N-dealkylation sites (tertiary alicyclic amines) is 1. The number of piperidine rings is 1. The second-order valence-electron chi connectivity index (χ2n) is 6.35. The molecule has 0 unspecified atom stereocenters. The molecule has 0 N–H and O–H groups in total. The van der Waals surface area contributed by atoms with E-state index in [0.717, 1.165) is 18.5 Å². The fourth-order valence-electron chi connectivity index (χ4n) is 3.11. The van der Waals surface area contributed by atoms with Gasteiger partial charge in [-0.3, -0.25) is 4.79 Å². The zero-order valence-corrected chi connectivity index (χ0v) is 15.9. The van der Waals surface area contributed by atoms with Crippen LogP contribution in [0.25, 0.3) is 0 Å². The summed E-state index contributed by atoms with van der Waals surface area (Å²) < 4.78 is 11.3. The largest absolute Gasteiger partial charge is 0.496 e. The Bertz CT molecular complexity index is 784. The Morgan fingerprint density at radius 2 is 1.92 bits per heavy atom. The number of aromatic nitrogens is 2. The Morgan fingerprint density at radius 3 is 2.58 bits per heavy atom. The third-order valence-electron chi connectivity index (χ3n) is 4.35. The van der Waals surface area contributed by atoms with Gasteiger partial charge in [-0.2, -0.15) is 4.98 Å². The molecule has 0 spiro atoms. The maximum atomic E-state index is 12.8. The minimum Gasteiger partial charge on any atom is -0.496 e. The number of methoxy groups -OCH3 is 1. The smallest absolute Gasteiger partial charge is 0.257 e. The quantitative estimate of drug-likeness (QED) is 0.819. The Labute approximate surface area is 158 Å².